The van der Waals surface area contributed by atoms with Crippen LogP contribution >= 0.6 is 15.9 Å². The van der Waals surface area contributed by atoms with E-state index in [-0.39, 0.29) is 0 Å². The number of halogens is 1. The van der Waals surface area contributed by atoms with E-state index in [2.05, 4.69) is 25.3 Å². The SMILES string of the molecule is CS(=O)(=NCc1cncc(Br)c1)c1ccccc1. The molecule has 0 aliphatic rings. The number of benzene rings is 1. The third kappa shape index (κ3) is 3.40. The first-order valence-electron chi connectivity index (χ1n) is 5.40. The summed E-state index contributed by atoms with van der Waals surface area (Å²) in [5, 5.41) is 0. The van der Waals surface area contributed by atoms with Crippen molar-refractivity contribution in [2.45, 2.75) is 11.4 Å². The lowest BCUT2D eigenvalue weighted by atomic mass is 10.3. The van der Waals surface area contributed by atoms with E-state index in [1.54, 1.807) is 18.6 Å². The van der Waals surface area contributed by atoms with E-state index in [0.29, 0.717) is 6.54 Å². The van der Waals surface area contributed by atoms with Crippen molar-refractivity contribution in [3.05, 3.63) is 58.8 Å². The van der Waals surface area contributed by atoms with Crippen LogP contribution in [0.1, 0.15) is 5.56 Å². The molecule has 1 aromatic heterocycles. The van der Waals surface area contributed by atoms with Gasteiger partial charge in [-0.25, -0.2) is 8.57 Å². The third-order valence-corrected chi connectivity index (χ3v) is 4.64. The average molecular weight is 325 g/mol. The van der Waals surface area contributed by atoms with Gasteiger partial charge in [-0.2, -0.15) is 0 Å². The molecule has 0 amide bonds. The predicted octanol–water partition coefficient (Wildman–Crippen LogP) is 3.50. The van der Waals surface area contributed by atoms with Crippen molar-refractivity contribution in [1.82, 2.24) is 4.98 Å². The Hall–Kier alpha value is -1.20. The topological polar surface area (TPSA) is 42.3 Å². The monoisotopic (exact) mass is 324 g/mol. The Kier molecular flexibility index (Phi) is 4.14. The molecule has 2 rings (SSSR count). The minimum atomic E-state index is -2.34. The van der Waals surface area contributed by atoms with Gasteiger partial charge in [0.25, 0.3) is 0 Å². The van der Waals surface area contributed by atoms with Crippen LogP contribution in [0.3, 0.4) is 0 Å². The second kappa shape index (κ2) is 5.63. The first-order valence-corrected chi connectivity index (χ1v) is 8.12. The maximum atomic E-state index is 12.4. The first kappa shape index (κ1) is 13.2. The van der Waals surface area contributed by atoms with E-state index in [0.717, 1.165) is 14.9 Å². The van der Waals surface area contributed by atoms with E-state index >= 15 is 0 Å². The molecule has 3 nitrogen and oxygen atoms in total. The van der Waals surface area contributed by atoms with E-state index in [9.17, 15) is 4.21 Å². The first-order chi connectivity index (χ1) is 8.58. The minimum Gasteiger partial charge on any atom is -0.263 e. The van der Waals surface area contributed by atoms with Crippen molar-refractivity contribution in [3.8, 4) is 0 Å². The lowest BCUT2D eigenvalue weighted by Gasteiger charge is -2.04. The van der Waals surface area contributed by atoms with Crippen LogP contribution in [0, 0.1) is 0 Å². The number of hydrogen-bond donors (Lipinski definition) is 0. The largest absolute Gasteiger partial charge is 0.263 e. The van der Waals surface area contributed by atoms with Crippen LogP contribution in [-0.2, 0) is 16.3 Å². The zero-order valence-electron chi connectivity index (χ0n) is 9.91. The van der Waals surface area contributed by atoms with Crippen LogP contribution in [0.2, 0.25) is 0 Å². The summed E-state index contributed by atoms with van der Waals surface area (Å²) < 4.78 is 17.7. The molecule has 94 valence electrons. The molecular formula is C13H13BrN2OS. The summed E-state index contributed by atoms with van der Waals surface area (Å²) in [5.41, 5.74) is 0.940. The van der Waals surface area contributed by atoms with Crippen molar-refractivity contribution in [1.29, 1.82) is 0 Å². The second-order valence-corrected chi connectivity index (χ2v) is 7.16. The fourth-order valence-corrected chi connectivity index (χ4v) is 3.11. The number of aromatic nitrogens is 1. The lowest BCUT2D eigenvalue weighted by molar-refractivity contribution is 0.678. The molecule has 1 heterocycles. The summed E-state index contributed by atoms with van der Waals surface area (Å²) in [6.45, 7) is 0.399. The summed E-state index contributed by atoms with van der Waals surface area (Å²) in [5.74, 6) is 0. The molecule has 1 aromatic carbocycles. The smallest absolute Gasteiger partial charge is 0.0753 e. The van der Waals surface area contributed by atoms with Crippen LogP contribution < -0.4 is 0 Å². The molecule has 0 saturated heterocycles. The van der Waals surface area contributed by atoms with Crippen LogP contribution in [0.15, 0.2) is 62.5 Å². The quantitative estimate of drug-likeness (QED) is 0.867. The van der Waals surface area contributed by atoms with Gasteiger partial charge in [-0.3, -0.25) is 4.98 Å². The van der Waals surface area contributed by atoms with Gasteiger partial charge < -0.3 is 0 Å². The van der Waals surface area contributed by atoms with Crippen molar-refractivity contribution in [2.24, 2.45) is 4.36 Å². The van der Waals surface area contributed by atoms with E-state index in [4.69, 9.17) is 0 Å². The molecule has 1 unspecified atom stereocenters. The highest BCUT2D eigenvalue weighted by atomic mass is 79.9. The Bertz CT molecular complexity index is 649. The van der Waals surface area contributed by atoms with Crippen LogP contribution in [0.4, 0.5) is 0 Å². The highest BCUT2D eigenvalue weighted by Gasteiger charge is 2.04. The van der Waals surface area contributed by atoms with E-state index in [1.165, 1.54) is 0 Å². The molecule has 0 N–H and O–H groups in total. The van der Waals surface area contributed by atoms with Crippen molar-refractivity contribution in [2.75, 3.05) is 6.26 Å². The summed E-state index contributed by atoms with van der Waals surface area (Å²) in [4.78, 5) is 4.82. The number of nitrogens with zero attached hydrogens (tertiary/aromatic N) is 2. The van der Waals surface area contributed by atoms with Gasteiger partial charge in [0.15, 0.2) is 0 Å². The summed E-state index contributed by atoms with van der Waals surface area (Å²) >= 11 is 3.35. The number of rotatable bonds is 3. The second-order valence-electron chi connectivity index (χ2n) is 3.91. The fourth-order valence-electron chi connectivity index (χ4n) is 1.49. The molecule has 0 spiro atoms. The van der Waals surface area contributed by atoms with Gasteiger partial charge in [0.1, 0.15) is 0 Å². The Morgan fingerprint density at radius 1 is 1.28 bits per heavy atom. The summed E-state index contributed by atoms with van der Waals surface area (Å²) in [7, 11) is -2.34. The Morgan fingerprint density at radius 2 is 2.00 bits per heavy atom. The van der Waals surface area contributed by atoms with Crippen LogP contribution in [0.5, 0.6) is 0 Å². The normalized spacial score (nSPS) is 13.9. The molecule has 5 heteroatoms. The van der Waals surface area contributed by atoms with E-state index < -0.39 is 9.73 Å². The zero-order valence-corrected chi connectivity index (χ0v) is 12.3. The fraction of sp³-hybridized carbons (Fsp3) is 0.154. The number of pyridine rings is 1. The Balaban J connectivity index is 2.26. The van der Waals surface area contributed by atoms with Crippen LogP contribution in [-0.4, -0.2) is 15.4 Å². The molecule has 0 bridgehead atoms. The van der Waals surface area contributed by atoms with Gasteiger partial charge in [0, 0.05) is 28.0 Å². The molecule has 0 radical (unpaired) electrons. The molecule has 0 fully saturated rings. The van der Waals surface area contributed by atoms with Gasteiger partial charge in [0.05, 0.1) is 16.3 Å². The maximum absolute atomic E-state index is 12.4. The van der Waals surface area contributed by atoms with Gasteiger partial charge in [0.2, 0.25) is 0 Å². The number of hydrogen-bond acceptors (Lipinski definition) is 3. The summed E-state index contributed by atoms with van der Waals surface area (Å²) in [6.07, 6.45) is 5.10. The Morgan fingerprint density at radius 3 is 2.67 bits per heavy atom. The lowest BCUT2D eigenvalue weighted by Crippen LogP contribution is -1.98. The molecule has 2 aromatic rings. The van der Waals surface area contributed by atoms with Gasteiger partial charge in [-0.1, -0.05) is 18.2 Å². The average Bonchev–Trinajstić information content (AvgIpc) is 2.38. The highest BCUT2D eigenvalue weighted by molar-refractivity contribution is 9.10. The van der Waals surface area contributed by atoms with Crippen LogP contribution in [0.25, 0.3) is 0 Å². The third-order valence-electron chi connectivity index (χ3n) is 2.44. The highest BCUT2D eigenvalue weighted by Crippen LogP contribution is 2.14. The molecule has 18 heavy (non-hydrogen) atoms. The van der Waals surface area contributed by atoms with Gasteiger partial charge in [-0.05, 0) is 39.7 Å². The molecule has 0 aliphatic heterocycles. The van der Waals surface area contributed by atoms with Crippen molar-refractivity contribution >= 4 is 25.7 Å². The maximum Gasteiger partial charge on any atom is 0.0753 e. The molecule has 0 saturated carbocycles. The van der Waals surface area contributed by atoms with Gasteiger partial charge in [-0.15, -0.1) is 0 Å². The summed E-state index contributed by atoms with van der Waals surface area (Å²) in [6, 6.07) is 11.2. The van der Waals surface area contributed by atoms with Crippen molar-refractivity contribution < 1.29 is 4.21 Å². The zero-order chi connectivity index (χ0) is 13.0. The van der Waals surface area contributed by atoms with E-state index in [1.807, 2.05) is 36.4 Å². The molecule has 1 atom stereocenters. The minimum absolute atomic E-state index is 0.399. The predicted molar refractivity (Wildman–Crippen MR) is 76.8 cm³/mol. The van der Waals surface area contributed by atoms with Gasteiger partial charge >= 0.3 is 0 Å². The van der Waals surface area contributed by atoms with Crippen molar-refractivity contribution in [3.63, 3.8) is 0 Å². The Labute approximate surface area is 116 Å². The molecule has 0 aliphatic carbocycles. The molecular weight excluding hydrogens is 312 g/mol. The standard InChI is InChI=1S/C13H13BrN2OS/c1-18(17,13-5-3-2-4-6-13)16-9-11-7-12(14)10-15-8-11/h2-8,10H,9H2,1H3.